The summed E-state index contributed by atoms with van der Waals surface area (Å²) in [5.74, 6) is 0.596. The maximum Gasteiger partial charge on any atom is 0.307 e. The highest BCUT2D eigenvalue weighted by Crippen LogP contribution is 2.29. The van der Waals surface area contributed by atoms with E-state index in [-0.39, 0.29) is 24.1 Å². The number of imidazole rings is 1. The number of rotatable bonds is 11. The van der Waals surface area contributed by atoms with E-state index in [1.54, 1.807) is 19.1 Å². The van der Waals surface area contributed by atoms with Gasteiger partial charge in [0.25, 0.3) is 0 Å². The lowest BCUT2D eigenvalue weighted by atomic mass is 9.89. The van der Waals surface area contributed by atoms with Crippen LogP contribution in [0, 0.1) is 5.41 Å². The van der Waals surface area contributed by atoms with Crippen LogP contribution < -0.4 is 16.4 Å². The topological polar surface area (TPSA) is 138 Å². The number of anilines is 1. The van der Waals surface area contributed by atoms with Crippen LogP contribution in [0.5, 0.6) is 0 Å². The molecule has 10 heteroatoms. The molecule has 5 N–H and O–H groups in total. The molecule has 2 heterocycles. The number of esters is 1. The number of hydrogen-bond acceptors (Lipinski definition) is 7. The fourth-order valence-electron chi connectivity index (χ4n) is 4.85. The second-order valence-electron chi connectivity index (χ2n) is 9.74. The fourth-order valence-corrected chi connectivity index (χ4v) is 4.85. The second-order valence-corrected chi connectivity index (χ2v) is 9.74. The van der Waals surface area contributed by atoms with Crippen LogP contribution in [-0.4, -0.2) is 58.4 Å². The number of nitrogens with zero attached hydrogens (tertiary/aromatic N) is 3. The third-order valence-corrected chi connectivity index (χ3v) is 7.13. The molecule has 1 unspecified atom stereocenters. The molecule has 4 rings (SSSR count). The van der Waals surface area contributed by atoms with Crippen molar-refractivity contribution in [2.45, 2.75) is 45.2 Å². The minimum atomic E-state index is -1.00. The molecule has 1 amide bonds. The molecule has 3 aromatic rings. The zero-order valence-electron chi connectivity index (χ0n) is 22.3. The maximum absolute atomic E-state index is 13.7. The van der Waals surface area contributed by atoms with E-state index in [0.29, 0.717) is 25.3 Å². The van der Waals surface area contributed by atoms with Crippen molar-refractivity contribution < 1.29 is 14.3 Å². The van der Waals surface area contributed by atoms with Gasteiger partial charge in [-0.25, -0.2) is 4.98 Å². The number of amidine groups is 1. The summed E-state index contributed by atoms with van der Waals surface area (Å²) < 4.78 is 7.09. The molecule has 1 aliphatic heterocycles. The standard InChI is InChI=1S/C28H37N7O3/c1-4-38-25(36)13-14-32-28(2,27(37)35-15-5-6-16-35)20-9-12-23-22(17-20)33-24(34(23)3)18-31-21-10-7-19(8-11-21)26(29)30/h7-12,17,31-32H,4-6,13-16,18H2,1-3H3,(H3,29,30). The SMILES string of the molecule is CCOC(=O)CCNC(C)(C(=O)N1CCCC1)c1ccc2c(c1)nc(CNc1ccc(C(=N)N)cc1)n2C. The van der Waals surface area contributed by atoms with Crippen LogP contribution in [0.4, 0.5) is 5.69 Å². The minimum absolute atomic E-state index is 0.00466. The van der Waals surface area contributed by atoms with Crippen LogP contribution in [0.25, 0.3) is 11.0 Å². The molecular weight excluding hydrogens is 482 g/mol. The number of nitrogens with one attached hydrogen (secondary N) is 3. The molecule has 0 bridgehead atoms. The molecule has 2 aromatic carbocycles. The van der Waals surface area contributed by atoms with Gasteiger partial charge in [0.15, 0.2) is 0 Å². The van der Waals surface area contributed by atoms with Gasteiger partial charge in [0.1, 0.15) is 17.2 Å². The number of benzene rings is 2. The van der Waals surface area contributed by atoms with Gasteiger partial charge in [-0.05, 0) is 68.7 Å². The number of nitrogens with two attached hydrogens (primary N) is 1. The zero-order chi connectivity index (χ0) is 27.3. The molecule has 1 aromatic heterocycles. The zero-order valence-corrected chi connectivity index (χ0v) is 22.3. The highest BCUT2D eigenvalue weighted by molar-refractivity contribution is 5.95. The molecule has 1 atom stereocenters. The van der Waals surface area contributed by atoms with Gasteiger partial charge in [0.2, 0.25) is 5.91 Å². The summed E-state index contributed by atoms with van der Waals surface area (Å²) in [5, 5.41) is 14.3. The number of likely N-dealkylation sites (tertiary alicyclic amines) is 1. The Morgan fingerprint density at radius 2 is 1.87 bits per heavy atom. The summed E-state index contributed by atoms with van der Waals surface area (Å²) in [7, 11) is 1.97. The van der Waals surface area contributed by atoms with Crippen molar-refractivity contribution in [1.29, 1.82) is 5.41 Å². The van der Waals surface area contributed by atoms with Gasteiger partial charge >= 0.3 is 5.97 Å². The predicted molar refractivity (Wildman–Crippen MR) is 148 cm³/mol. The Kier molecular flexibility index (Phi) is 8.31. The molecular formula is C28H37N7O3. The number of ether oxygens (including phenoxy) is 1. The van der Waals surface area contributed by atoms with Crippen LogP contribution in [0.1, 0.15) is 50.1 Å². The van der Waals surface area contributed by atoms with Crippen molar-refractivity contribution in [2.24, 2.45) is 12.8 Å². The highest BCUT2D eigenvalue weighted by Gasteiger charge is 2.39. The van der Waals surface area contributed by atoms with Gasteiger partial charge in [-0.2, -0.15) is 0 Å². The van der Waals surface area contributed by atoms with E-state index in [9.17, 15) is 9.59 Å². The Balaban J connectivity index is 1.56. The number of carbonyl (C=O) groups is 2. The summed E-state index contributed by atoms with van der Waals surface area (Å²) in [6.45, 7) is 6.30. The molecule has 1 saturated heterocycles. The van der Waals surface area contributed by atoms with E-state index in [2.05, 4.69) is 10.6 Å². The number of carbonyl (C=O) groups excluding carboxylic acids is 2. The van der Waals surface area contributed by atoms with E-state index in [0.717, 1.165) is 54.0 Å². The molecule has 10 nitrogen and oxygen atoms in total. The largest absolute Gasteiger partial charge is 0.466 e. The fraction of sp³-hybridized carbons (Fsp3) is 0.429. The van der Waals surface area contributed by atoms with Gasteiger partial charge in [0.05, 0.1) is 30.6 Å². The minimum Gasteiger partial charge on any atom is -0.466 e. The second kappa shape index (κ2) is 11.6. The van der Waals surface area contributed by atoms with Crippen molar-refractivity contribution in [3.8, 4) is 0 Å². The summed E-state index contributed by atoms with van der Waals surface area (Å²) in [4.78, 5) is 32.4. The number of aromatic nitrogens is 2. The van der Waals surface area contributed by atoms with E-state index in [1.165, 1.54) is 0 Å². The Bertz CT molecular complexity index is 1310. The summed E-state index contributed by atoms with van der Waals surface area (Å²) in [5.41, 5.74) is 8.68. The van der Waals surface area contributed by atoms with Gasteiger partial charge < -0.3 is 25.3 Å². The molecule has 0 spiro atoms. The van der Waals surface area contributed by atoms with Gasteiger partial charge in [-0.15, -0.1) is 0 Å². The molecule has 38 heavy (non-hydrogen) atoms. The number of amides is 1. The molecule has 202 valence electrons. The number of fused-ring (bicyclic) bond motifs is 1. The Hall–Kier alpha value is -3.92. The van der Waals surface area contributed by atoms with Crippen molar-refractivity contribution in [2.75, 3.05) is 31.6 Å². The predicted octanol–water partition coefficient (Wildman–Crippen LogP) is 2.85. The van der Waals surface area contributed by atoms with Gasteiger partial charge in [-0.3, -0.25) is 20.3 Å². The number of nitrogen functional groups attached to an aromatic ring is 1. The summed E-state index contributed by atoms with van der Waals surface area (Å²) in [6.07, 6.45) is 2.18. The van der Waals surface area contributed by atoms with Crippen molar-refractivity contribution in [1.82, 2.24) is 19.8 Å². The average molecular weight is 520 g/mol. The molecule has 1 aliphatic rings. The first-order valence-electron chi connectivity index (χ1n) is 13.1. The monoisotopic (exact) mass is 519 g/mol. The Morgan fingerprint density at radius 3 is 2.53 bits per heavy atom. The van der Waals surface area contributed by atoms with Crippen LogP contribution >= 0.6 is 0 Å². The average Bonchev–Trinajstić information content (AvgIpc) is 3.55. The van der Waals surface area contributed by atoms with E-state index >= 15 is 0 Å². The quantitative estimate of drug-likeness (QED) is 0.174. The van der Waals surface area contributed by atoms with Crippen molar-refractivity contribution in [3.63, 3.8) is 0 Å². The summed E-state index contributed by atoms with van der Waals surface area (Å²) in [6, 6.07) is 13.3. The van der Waals surface area contributed by atoms with Crippen LogP contribution in [-0.2, 0) is 33.5 Å². The molecule has 0 radical (unpaired) electrons. The van der Waals surface area contributed by atoms with Gasteiger partial charge in [-0.1, -0.05) is 6.07 Å². The Labute approximate surface area is 223 Å². The van der Waals surface area contributed by atoms with Crippen LogP contribution in [0.15, 0.2) is 42.5 Å². The summed E-state index contributed by atoms with van der Waals surface area (Å²) >= 11 is 0. The number of aryl methyl sites for hydroxylation is 1. The Morgan fingerprint density at radius 1 is 1.16 bits per heavy atom. The highest BCUT2D eigenvalue weighted by atomic mass is 16.5. The van der Waals surface area contributed by atoms with E-state index < -0.39 is 5.54 Å². The van der Waals surface area contributed by atoms with Gasteiger partial charge in [0, 0.05) is 37.9 Å². The third-order valence-electron chi connectivity index (χ3n) is 7.13. The molecule has 0 aliphatic carbocycles. The first-order valence-corrected chi connectivity index (χ1v) is 13.1. The van der Waals surface area contributed by atoms with E-state index in [4.69, 9.17) is 20.9 Å². The first kappa shape index (κ1) is 27.1. The lowest BCUT2D eigenvalue weighted by Gasteiger charge is -2.34. The molecule has 0 saturated carbocycles. The normalized spacial score (nSPS) is 14.9. The van der Waals surface area contributed by atoms with Crippen LogP contribution in [0.3, 0.4) is 0 Å². The first-order chi connectivity index (χ1) is 18.2. The van der Waals surface area contributed by atoms with E-state index in [1.807, 2.05) is 53.8 Å². The van der Waals surface area contributed by atoms with Crippen molar-refractivity contribution in [3.05, 3.63) is 59.4 Å². The van der Waals surface area contributed by atoms with Crippen LogP contribution in [0.2, 0.25) is 0 Å². The lowest BCUT2D eigenvalue weighted by molar-refractivity contribution is -0.144. The number of hydrogen-bond donors (Lipinski definition) is 4. The smallest absolute Gasteiger partial charge is 0.307 e. The van der Waals surface area contributed by atoms with Crippen molar-refractivity contribution >= 4 is 34.4 Å². The lowest BCUT2D eigenvalue weighted by Crippen LogP contribution is -2.53. The third kappa shape index (κ3) is 5.80. The molecule has 1 fully saturated rings. The maximum atomic E-state index is 13.7.